The molecule has 3 fully saturated rings. The van der Waals surface area contributed by atoms with Gasteiger partial charge in [0.1, 0.15) is 12.0 Å². The Bertz CT molecular complexity index is 898. The second-order valence-corrected chi connectivity index (χ2v) is 7.16. The summed E-state index contributed by atoms with van der Waals surface area (Å²) < 4.78 is 43.2. The fraction of sp³-hybridized carbons (Fsp3) is 0.500. The van der Waals surface area contributed by atoms with Crippen molar-refractivity contribution in [3.05, 3.63) is 29.8 Å². The lowest BCUT2D eigenvalue weighted by atomic mass is 9.79. The minimum atomic E-state index is -5.02. The van der Waals surface area contributed by atoms with Crippen molar-refractivity contribution < 1.29 is 27.2 Å². The largest absolute Gasteiger partial charge is 0.462 e. The van der Waals surface area contributed by atoms with Gasteiger partial charge in [-0.15, -0.1) is 0 Å². The van der Waals surface area contributed by atoms with Crippen molar-refractivity contribution in [2.24, 2.45) is 5.92 Å². The summed E-state index contributed by atoms with van der Waals surface area (Å²) in [7, 11) is 0. The lowest BCUT2D eigenvalue weighted by molar-refractivity contribution is -0.0884. The molecule has 144 valence electrons. The van der Waals surface area contributed by atoms with Crippen LogP contribution in [-0.4, -0.2) is 52.9 Å². The molecule has 5 rings (SSSR count). The van der Waals surface area contributed by atoms with E-state index in [-0.39, 0.29) is 28.7 Å². The van der Waals surface area contributed by atoms with Crippen LogP contribution in [0.1, 0.15) is 40.6 Å². The number of ketones is 1. The highest BCUT2D eigenvalue weighted by atomic mass is 19.4. The van der Waals surface area contributed by atoms with Crippen LogP contribution in [0.4, 0.5) is 13.2 Å². The summed E-state index contributed by atoms with van der Waals surface area (Å²) >= 11 is 0. The Morgan fingerprint density at radius 1 is 1.30 bits per heavy atom. The standard InChI is InChI=1S/C18H18F3N3O3/c1-9-15(10-2-4-24(9)5-3-10)23-17(26)13-6-11-12(16(25)18(19,20)21)8-27-14(11)7-22-13/h6-10,15H,2-5H2,1H3,(H,23,26)/t9-,15-/m0/s1. The second-order valence-electron chi connectivity index (χ2n) is 7.16. The van der Waals surface area contributed by atoms with E-state index in [0.29, 0.717) is 5.92 Å². The van der Waals surface area contributed by atoms with E-state index < -0.39 is 23.4 Å². The van der Waals surface area contributed by atoms with Gasteiger partial charge in [0.05, 0.1) is 11.8 Å². The van der Waals surface area contributed by atoms with Crippen LogP contribution in [0.15, 0.2) is 22.9 Å². The average Bonchev–Trinajstić information content (AvgIpc) is 3.06. The third-order valence-corrected chi connectivity index (χ3v) is 5.67. The van der Waals surface area contributed by atoms with Crippen molar-refractivity contribution in [1.29, 1.82) is 0 Å². The van der Waals surface area contributed by atoms with Crippen molar-refractivity contribution in [1.82, 2.24) is 15.2 Å². The van der Waals surface area contributed by atoms with Crippen LogP contribution in [0.5, 0.6) is 0 Å². The third-order valence-electron chi connectivity index (χ3n) is 5.67. The number of nitrogens with one attached hydrogen (secondary N) is 1. The van der Waals surface area contributed by atoms with Gasteiger partial charge in [-0.25, -0.2) is 4.98 Å². The normalized spacial score (nSPS) is 27.7. The number of alkyl halides is 3. The van der Waals surface area contributed by atoms with E-state index in [1.165, 1.54) is 6.07 Å². The molecule has 2 aromatic rings. The minimum absolute atomic E-state index is 0.0235. The summed E-state index contributed by atoms with van der Waals surface area (Å²) in [6, 6.07) is 1.35. The first-order valence-electron chi connectivity index (χ1n) is 8.79. The Morgan fingerprint density at radius 2 is 2.00 bits per heavy atom. The molecule has 2 atom stereocenters. The molecule has 0 spiro atoms. The Kier molecular flexibility index (Phi) is 4.21. The molecule has 1 N–H and O–H groups in total. The zero-order valence-electron chi connectivity index (χ0n) is 14.5. The number of carbonyl (C=O) groups is 2. The van der Waals surface area contributed by atoms with Gasteiger partial charge in [0.15, 0.2) is 5.58 Å². The van der Waals surface area contributed by atoms with Crippen molar-refractivity contribution in [3.8, 4) is 0 Å². The highest BCUT2D eigenvalue weighted by Gasteiger charge is 2.42. The lowest BCUT2D eigenvalue weighted by Gasteiger charge is -2.49. The number of Topliss-reactive ketones (excluding diaryl/α,β-unsaturated/α-hetero) is 1. The average molecular weight is 381 g/mol. The zero-order chi connectivity index (χ0) is 19.3. The first-order valence-corrected chi connectivity index (χ1v) is 8.79. The van der Waals surface area contributed by atoms with Crippen LogP contribution in [0.3, 0.4) is 0 Å². The molecular formula is C18H18F3N3O3. The number of rotatable bonds is 3. The maximum atomic E-state index is 12.7. The van der Waals surface area contributed by atoms with Gasteiger partial charge in [-0.1, -0.05) is 0 Å². The first-order chi connectivity index (χ1) is 12.8. The number of nitrogens with zero attached hydrogens (tertiary/aromatic N) is 2. The van der Waals surface area contributed by atoms with Gasteiger partial charge in [-0.2, -0.15) is 13.2 Å². The van der Waals surface area contributed by atoms with Gasteiger partial charge in [-0.3, -0.25) is 14.5 Å². The number of piperidine rings is 3. The van der Waals surface area contributed by atoms with Crippen LogP contribution >= 0.6 is 0 Å². The van der Waals surface area contributed by atoms with E-state index in [2.05, 4.69) is 22.1 Å². The quantitative estimate of drug-likeness (QED) is 0.828. The van der Waals surface area contributed by atoms with Crippen molar-refractivity contribution >= 4 is 22.7 Å². The number of pyridine rings is 1. The zero-order valence-corrected chi connectivity index (χ0v) is 14.5. The topological polar surface area (TPSA) is 75.4 Å². The summed E-state index contributed by atoms with van der Waals surface area (Å²) in [5.74, 6) is -2.09. The van der Waals surface area contributed by atoms with Gasteiger partial charge >= 0.3 is 6.18 Å². The van der Waals surface area contributed by atoms with E-state index in [9.17, 15) is 22.8 Å². The number of furan rings is 1. The summed E-state index contributed by atoms with van der Waals surface area (Å²) in [5.41, 5.74) is -0.635. The molecular weight excluding hydrogens is 363 g/mol. The number of halogens is 3. The molecule has 2 aromatic heterocycles. The predicted molar refractivity (Wildman–Crippen MR) is 89.4 cm³/mol. The van der Waals surface area contributed by atoms with Crippen molar-refractivity contribution in [2.75, 3.05) is 13.1 Å². The fourth-order valence-electron chi connectivity index (χ4n) is 4.16. The highest BCUT2D eigenvalue weighted by Crippen LogP contribution is 2.32. The molecule has 2 bridgehead atoms. The number of fused-ring (bicyclic) bond motifs is 4. The van der Waals surface area contributed by atoms with E-state index in [1.54, 1.807) is 0 Å². The number of hydrogen-bond donors (Lipinski definition) is 1. The van der Waals surface area contributed by atoms with Crippen LogP contribution in [0.2, 0.25) is 0 Å². The summed E-state index contributed by atoms with van der Waals surface area (Å²) in [5, 5.41) is 2.90. The monoisotopic (exact) mass is 381 g/mol. The van der Waals surface area contributed by atoms with E-state index >= 15 is 0 Å². The Hall–Kier alpha value is -2.42. The molecule has 27 heavy (non-hydrogen) atoms. The third kappa shape index (κ3) is 3.09. The van der Waals surface area contributed by atoms with Gasteiger partial charge < -0.3 is 9.73 Å². The van der Waals surface area contributed by atoms with Gasteiger partial charge in [0, 0.05) is 17.5 Å². The fourth-order valence-corrected chi connectivity index (χ4v) is 4.16. The number of hydrogen-bond acceptors (Lipinski definition) is 5. The first kappa shape index (κ1) is 18.0. The molecule has 5 heterocycles. The smallest absolute Gasteiger partial charge is 0.455 e. The Labute approximate surface area is 152 Å². The van der Waals surface area contributed by atoms with Gasteiger partial charge in [-0.05, 0) is 44.8 Å². The van der Waals surface area contributed by atoms with Crippen LogP contribution in [0, 0.1) is 5.92 Å². The van der Waals surface area contributed by atoms with Crippen LogP contribution < -0.4 is 5.32 Å². The molecule has 0 radical (unpaired) electrons. The second kappa shape index (κ2) is 6.33. The minimum Gasteiger partial charge on any atom is -0.462 e. The van der Waals surface area contributed by atoms with Crippen molar-refractivity contribution in [3.63, 3.8) is 0 Å². The number of aromatic nitrogens is 1. The molecule has 0 aromatic carbocycles. The Morgan fingerprint density at radius 3 is 2.63 bits per heavy atom. The molecule has 0 aliphatic carbocycles. The van der Waals surface area contributed by atoms with Crippen LogP contribution in [0.25, 0.3) is 11.0 Å². The molecule has 3 saturated heterocycles. The molecule has 0 saturated carbocycles. The van der Waals surface area contributed by atoms with Gasteiger partial charge in [0.2, 0.25) is 0 Å². The maximum Gasteiger partial charge on any atom is 0.455 e. The van der Waals surface area contributed by atoms with Crippen molar-refractivity contribution in [2.45, 2.75) is 38.0 Å². The van der Waals surface area contributed by atoms with Gasteiger partial charge in [0.25, 0.3) is 11.7 Å². The van der Waals surface area contributed by atoms with E-state index in [0.717, 1.165) is 38.4 Å². The van der Waals surface area contributed by atoms with E-state index in [1.807, 2.05) is 0 Å². The lowest BCUT2D eigenvalue weighted by Crippen LogP contribution is -2.62. The molecule has 0 unspecified atom stereocenters. The van der Waals surface area contributed by atoms with Crippen LogP contribution in [-0.2, 0) is 0 Å². The Balaban J connectivity index is 1.60. The number of carbonyl (C=O) groups excluding carboxylic acids is 2. The SMILES string of the molecule is C[C@H]1[C@H](NC(=O)c2cc3c(C(=O)C(F)(F)F)coc3cn2)C2CCN1CC2. The molecule has 9 heteroatoms. The molecule has 3 aliphatic rings. The summed E-state index contributed by atoms with van der Waals surface area (Å²) in [4.78, 5) is 30.5. The highest BCUT2D eigenvalue weighted by molar-refractivity contribution is 6.10. The predicted octanol–water partition coefficient (Wildman–Crippen LogP) is 2.79. The number of amides is 1. The maximum absolute atomic E-state index is 12.7. The molecule has 3 aliphatic heterocycles. The molecule has 6 nitrogen and oxygen atoms in total. The molecule has 1 amide bonds. The van der Waals surface area contributed by atoms with E-state index in [4.69, 9.17) is 4.42 Å². The summed E-state index contributed by atoms with van der Waals surface area (Å²) in [6.07, 6.45) is -1.09. The summed E-state index contributed by atoms with van der Waals surface area (Å²) in [6.45, 7) is 4.09.